The number of hydrogen-bond acceptors (Lipinski definition) is 4. The van der Waals surface area contributed by atoms with Crippen molar-refractivity contribution in [3.05, 3.63) is 52.7 Å². The fraction of sp³-hybridized carbons (Fsp3) is 0.368. The molecule has 1 unspecified atom stereocenters. The molecule has 0 aromatic carbocycles. The molecule has 7 heteroatoms. The first-order chi connectivity index (χ1) is 12.5. The van der Waals surface area contributed by atoms with Crippen molar-refractivity contribution in [3.63, 3.8) is 0 Å². The second-order valence-corrected chi connectivity index (χ2v) is 8.13. The molecule has 1 atom stereocenters. The second kappa shape index (κ2) is 6.90. The van der Waals surface area contributed by atoms with Crippen molar-refractivity contribution in [3.8, 4) is 11.1 Å². The van der Waals surface area contributed by atoms with Gasteiger partial charge in [-0.2, -0.15) is 0 Å². The summed E-state index contributed by atoms with van der Waals surface area (Å²) in [4.78, 5) is 16.3. The van der Waals surface area contributed by atoms with Gasteiger partial charge in [-0.05, 0) is 43.5 Å². The summed E-state index contributed by atoms with van der Waals surface area (Å²) < 4.78 is 19.5. The van der Waals surface area contributed by atoms with Crippen LogP contribution in [-0.4, -0.2) is 24.5 Å². The van der Waals surface area contributed by atoms with Crippen LogP contribution in [0.2, 0.25) is 0 Å². The van der Waals surface area contributed by atoms with Gasteiger partial charge < -0.3 is 9.12 Å². The van der Waals surface area contributed by atoms with Crippen LogP contribution in [0, 0.1) is 6.92 Å². The third kappa shape index (κ3) is 3.18. The molecule has 0 bridgehead atoms. The summed E-state index contributed by atoms with van der Waals surface area (Å²) in [5, 5.41) is 0.648. The predicted octanol–water partition coefficient (Wildman–Crippen LogP) is 2.56. The fourth-order valence-corrected chi connectivity index (χ4v) is 4.69. The molecule has 3 aromatic heterocycles. The molecular formula is C19H22N4O2S. The summed E-state index contributed by atoms with van der Waals surface area (Å²) in [7, 11) is 1.75. The molecule has 1 fully saturated rings. The quantitative estimate of drug-likeness (QED) is 0.716. The molecule has 0 amide bonds. The van der Waals surface area contributed by atoms with Crippen molar-refractivity contribution in [2.24, 2.45) is 7.05 Å². The summed E-state index contributed by atoms with van der Waals surface area (Å²) in [6, 6.07) is 6.08. The Balaban J connectivity index is 1.71. The van der Waals surface area contributed by atoms with Crippen molar-refractivity contribution in [2.45, 2.75) is 43.7 Å². The molecule has 136 valence electrons. The summed E-state index contributed by atoms with van der Waals surface area (Å²) >= 11 is -1.30. The molecule has 1 saturated carbocycles. The first kappa shape index (κ1) is 17.3. The SMILES string of the molecule is Cc1cc(-c2ccc3ncc([S+]([O-])NC4CCCC4)n3c2)cn(C)c1=O. The number of nitrogens with one attached hydrogen (secondary N) is 1. The Hall–Kier alpha value is -2.09. The van der Waals surface area contributed by atoms with E-state index >= 15 is 0 Å². The normalized spacial score (nSPS) is 16.4. The number of aromatic nitrogens is 3. The van der Waals surface area contributed by atoms with Crippen LogP contribution in [0.1, 0.15) is 31.2 Å². The zero-order chi connectivity index (χ0) is 18.3. The molecule has 0 aliphatic heterocycles. The van der Waals surface area contributed by atoms with E-state index in [4.69, 9.17) is 0 Å². The molecule has 0 spiro atoms. The molecule has 3 aromatic rings. The Morgan fingerprint density at radius 2 is 2.00 bits per heavy atom. The van der Waals surface area contributed by atoms with E-state index in [1.807, 2.05) is 41.9 Å². The zero-order valence-corrected chi connectivity index (χ0v) is 15.8. The van der Waals surface area contributed by atoms with E-state index in [1.54, 1.807) is 17.8 Å². The Morgan fingerprint density at radius 3 is 2.73 bits per heavy atom. The van der Waals surface area contributed by atoms with Gasteiger partial charge in [0.05, 0.1) is 17.4 Å². The number of nitrogens with zero attached hydrogens (tertiary/aromatic N) is 3. The largest absolute Gasteiger partial charge is 0.592 e. The standard InChI is InChI=1S/C19H22N4O2S/c1-13-9-15(11-22(2)19(13)24)14-7-8-17-20-10-18(23(17)12-14)26(25)21-16-5-3-4-6-16/h7-12,16,21H,3-6H2,1-2H3. The number of hydrogen-bond donors (Lipinski definition) is 1. The van der Waals surface area contributed by atoms with Gasteiger partial charge >= 0.3 is 0 Å². The summed E-state index contributed by atoms with van der Waals surface area (Å²) in [5.74, 6) is 0. The van der Waals surface area contributed by atoms with Crippen molar-refractivity contribution in [2.75, 3.05) is 0 Å². The van der Waals surface area contributed by atoms with Crippen molar-refractivity contribution in [1.82, 2.24) is 18.7 Å². The third-order valence-corrected chi connectivity index (χ3v) is 6.22. The van der Waals surface area contributed by atoms with E-state index in [9.17, 15) is 9.35 Å². The van der Waals surface area contributed by atoms with Crippen LogP contribution < -0.4 is 10.3 Å². The highest BCUT2D eigenvalue weighted by atomic mass is 32.2. The van der Waals surface area contributed by atoms with Gasteiger partial charge in [-0.25, -0.2) is 4.98 Å². The van der Waals surface area contributed by atoms with Gasteiger partial charge in [-0.15, -0.1) is 4.72 Å². The highest BCUT2D eigenvalue weighted by molar-refractivity contribution is 7.89. The molecule has 1 N–H and O–H groups in total. The Kier molecular flexibility index (Phi) is 4.60. The Labute approximate surface area is 155 Å². The maximum atomic E-state index is 12.8. The Bertz CT molecular complexity index is 978. The summed E-state index contributed by atoms with van der Waals surface area (Å²) in [6.45, 7) is 1.81. The van der Waals surface area contributed by atoms with Crippen molar-refractivity contribution < 1.29 is 4.55 Å². The van der Waals surface area contributed by atoms with E-state index < -0.39 is 11.4 Å². The van der Waals surface area contributed by atoms with E-state index in [0.717, 1.165) is 29.6 Å². The van der Waals surface area contributed by atoms with E-state index in [-0.39, 0.29) is 5.56 Å². The highest BCUT2D eigenvalue weighted by Crippen LogP contribution is 2.24. The summed E-state index contributed by atoms with van der Waals surface area (Å²) in [5.41, 5.74) is 3.35. The van der Waals surface area contributed by atoms with Crippen LogP contribution >= 0.6 is 0 Å². The topological polar surface area (TPSA) is 74.4 Å². The van der Waals surface area contributed by atoms with Crippen molar-refractivity contribution >= 4 is 17.0 Å². The minimum atomic E-state index is -1.30. The van der Waals surface area contributed by atoms with Crippen molar-refractivity contribution in [1.29, 1.82) is 0 Å². The lowest BCUT2D eigenvalue weighted by molar-refractivity contribution is 0.547. The lowest BCUT2D eigenvalue weighted by Crippen LogP contribution is -2.33. The second-order valence-electron chi connectivity index (χ2n) is 6.94. The number of fused-ring (bicyclic) bond motifs is 1. The number of aryl methyl sites for hydroxylation is 2. The molecule has 4 rings (SSSR count). The third-order valence-electron chi connectivity index (χ3n) is 4.99. The smallest absolute Gasteiger partial charge is 0.270 e. The van der Waals surface area contributed by atoms with Gasteiger partial charge in [-0.3, -0.25) is 9.20 Å². The maximum absolute atomic E-state index is 12.8. The molecule has 0 saturated heterocycles. The molecule has 1 aliphatic rings. The minimum absolute atomic E-state index is 0.0000141. The van der Waals surface area contributed by atoms with E-state index in [1.165, 1.54) is 12.8 Å². The molecular weight excluding hydrogens is 348 g/mol. The Morgan fingerprint density at radius 1 is 1.23 bits per heavy atom. The van der Waals surface area contributed by atoms with Crippen LogP contribution in [0.4, 0.5) is 0 Å². The maximum Gasteiger partial charge on any atom is 0.270 e. The zero-order valence-electron chi connectivity index (χ0n) is 14.9. The van der Waals surface area contributed by atoms with E-state index in [2.05, 4.69) is 9.71 Å². The lowest BCUT2D eigenvalue weighted by Gasteiger charge is -2.14. The number of rotatable bonds is 4. The average molecular weight is 370 g/mol. The fourth-order valence-electron chi connectivity index (χ4n) is 3.56. The van der Waals surface area contributed by atoms with Crippen LogP contribution in [0.15, 0.2) is 46.6 Å². The highest BCUT2D eigenvalue weighted by Gasteiger charge is 2.24. The van der Waals surface area contributed by atoms with Gasteiger partial charge in [0.1, 0.15) is 11.8 Å². The van der Waals surface area contributed by atoms with Crippen LogP contribution in [0.3, 0.4) is 0 Å². The lowest BCUT2D eigenvalue weighted by atomic mass is 10.1. The molecule has 1 aliphatic carbocycles. The van der Waals surface area contributed by atoms with E-state index in [0.29, 0.717) is 16.6 Å². The van der Waals surface area contributed by atoms with Gasteiger partial charge in [0.2, 0.25) is 0 Å². The van der Waals surface area contributed by atoms with Gasteiger partial charge in [-0.1, -0.05) is 12.8 Å². The first-order valence-electron chi connectivity index (χ1n) is 8.85. The van der Waals surface area contributed by atoms with Crippen LogP contribution in [0.5, 0.6) is 0 Å². The molecule has 6 nitrogen and oxygen atoms in total. The molecule has 0 radical (unpaired) electrons. The number of imidazole rings is 1. The summed E-state index contributed by atoms with van der Waals surface area (Å²) in [6.07, 6.45) is 9.96. The molecule has 3 heterocycles. The van der Waals surface area contributed by atoms with Gasteiger partial charge in [0.25, 0.3) is 10.6 Å². The predicted molar refractivity (Wildman–Crippen MR) is 102 cm³/mol. The van der Waals surface area contributed by atoms with Crippen LogP contribution in [-0.2, 0) is 18.4 Å². The minimum Gasteiger partial charge on any atom is -0.592 e. The molecule has 26 heavy (non-hydrogen) atoms. The first-order valence-corrected chi connectivity index (χ1v) is 10.0. The average Bonchev–Trinajstić information content (AvgIpc) is 3.27. The monoisotopic (exact) mass is 370 g/mol. The van der Waals surface area contributed by atoms with Crippen LogP contribution in [0.25, 0.3) is 16.8 Å². The van der Waals surface area contributed by atoms with Gasteiger partial charge in [0, 0.05) is 30.6 Å². The van der Waals surface area contributed by atoms with Gasteiger partial charge in [0.15, 0.2) is 0 Å². The number of pyridine rings is 2.